The van der Waals surface area contributed by atoms with Crippen molar-refractivity contribution in [3.05, 3.63) is 83.7 Å². The van der Waals surface area contributed by atoms with Gasteiger partial charge in [0.25, 0.3) is 0 Å². The first-order chi connectivity index (χ1) is 14.7. The van der Waals surface area contributed by atoms with E-state index in [9.17, 15) is 0 Å². The summed E-state index contributed by atoms with van der Waals surface area (Å²) < 4.78 is 18.3. The number of nitrogens with one attached hydrogen (secondary N) is 1. The van der Waals surface area contributed by atoms with E-state index < -0.39 is 0 Å². The molecule has 5 heteroatoms. The molecule has 1 aromatic heterocycles. The Morgan fingerprint density at radius 2 is 1.60 bits per heavy atom. The largest absolute Gasteiger partial charge is 0.497 e. The second-order valence-corrected chi connectivity index (χ2v) is 7.53. The molecule has 0 radical (unpaired) electrons. The Balaban J connectivity index is 1.71. The summed E-state index contributed by atoms with van der Waals surface area (Å²) in [6.45, 7) is 4.62. The van der Waals surface area contributed by atoms with Crippen molar-refractivity contribution in [3.8, 4) is 11.5 Å². The van der Waals surface area contributed by atoms with E-state index in [1.165, 1.54) is 21.7 Å². The number of rotatable bonds is 12. The quantitative estimate of drug-likeness (QED) is 0.467. The maximum Gasteiger partial charge on any atom is 0.119 e. The summed E-state index contributed by atoms with van der Waals surface area (Å²) in [6, 6.07) is 21.0. The van der Waals surface area contributed by atoms with Crippen molar-refractivity contribution in [2.24, 2.45) is 0 Å². The highest BCUT2D eigenvalue weighted by Crippen LogP contribution is 2.15. The smallest absolute Gasteiger partial charge is 0.119 e. The molecule has 30 heavy (non-hydrogen) atoms. The minimum Gasteiger partial charge on any atom is -0.497 e. The normalized spacial score (nSPS) is 12.0. The first kappa shape index (κ1) is 21.9. The molecule has 0 saturated carbocycles. The zero-order chi connectivity index (χ0) is 21.2. The summed E-state index contributed by atoms with van der Waals surface area (Å²) in [6.07, 6.45) is 3.20. The molecule has 0 aliphatic heterocycles. The fourth-order valence-electron chi connectivity index (χ4n) is 3.73. The number of nitrogens with zero attached hydrogens (tertiary/aromatic N) is 1. The van der Waals surface area contributed by atoms with Gasteiger partial charge in [0.1, 0.15) is 24.6 Å². The third-order valence-corrected chi connectivity index (χ3v) is 5.33. The molecule has 1 unspecified atom stereocenters. The van der Waals surface area contributed by atoms with E-state index in [2.05, 4.69) is 47.2 Å². The van der Waals surface area contributed by atoms with Gasteiger partial charge in [-0.05, 0) is 54.1 Å². The number of ether oxygens (including phenoxy) is 3. The minimum absolute atomic E-state index is 0.789. The average Bonchev–Trinajstić information content (AvgIpc) is 3.21. The van der Waals surface area contributed by atoms with Crippen molar-refractivity contribution in [2.75, 3.05) is 34.5 Å². The molecule has 3 aromatic rings. The van der Waals surface area contributed by atoms with Gasteiger partial charge in [-0.25, -0.2) is 0 Å². The predicted molar refractivity (Wildman–Crippen MR) is 119 cm³/mol. The molecule has 160 valence electrons. The summed E-state index contributed by atoms with van der Waals surface area (Å²) in [5.41, 5.74) is 3.88. The maximum atomic E-state index is 5.37. The minimum atomic E-state index is 0.789. The van der Waals surface area contributed by atoms with Crippen LogP contribution in [0, 0.1) is 0 Å². The van der Waals surface area contributed by atoms with Crippen LogP contribution < -0.4 is 14.4 Å². The summed E-state index contributed by atoms with van der Waals surface area (Å²) in [5, 5.41) is 0. The van der Waals surface area contributed by atoms with Gasteiger partial charge in [0.05, 0.1) is 33.1 Å². The molecule has 0 saturated heterocycles. The van der Waals surface area contributed by atoms with Gasteiger partial charge in [-0.1, -0.05) is 12.1 Å². The molecular weight excluding hydrogens is 376 g/mol. The highest BCUT2D eigenvalue weighted by atomic mass is 16.5. The molecule has 3 rings (SSSR count). The van der Waals surface area contributed by atoms with Gasteiger partial charge in [-0.2, -0.15) is 0 Å². The Kier molecular flexibility index (Phi) is 8.36. The highest BCUT2D eigenvalue weighted by molar-refractivity contribution is 5.29. The topological polar surface area (TPSA) is 37.1 Å². The van der Waals surface area contributed by atoms with Crippen LogP contribution in [0.2, 0.25) is 0 Å². The number of hydrogen-bond acceptors (Lipinski definition) is 3. The van der Waals surface area contributed by atoms with E-state index in [1.807, 2.05) is 24.3 Å². The van der Waals surface area contributed by atoms with Crippen LogP contribution in [0.5, 0.6) is 11.5 Å². The van der Waals surface area contributed by atoms with Crippen LogP contribution in [-0.4, -0.2) is 39.0 Å². The molecule has 0 spiro atoms. The SMILES string of the molecule is COCCC[NH+](Cc1ccc(OC)cc1)Cc1cccn1Cc1cccc(OC)c1. The Labute approximate surface area is 179 Å². The van der Waals surface area contributed by atoms with Crippen LogP contribution in [0.3, 0.4) is 0 Å². The van der Waals surface area contributed by atoms with Crippen LogP contribution in [0.1, 0.15) is 23.2 Å². The van der Waals surface area contributed by atoms with Gasteiger partial charge in [0.2, 0.25) is 0 Å². The van der Waals surface area contributed by atoms with E-state index in [-0.39, 0.29) is 0 Å². The molecule has 1 heterocycles. The lowest BCUT2D eigenvalue weighted by Crippen LogP contribution is -3.09. The van der Waals surface area contributed by atoms with Crippen molar-refractivity contribution in [1.82, 2.24) is 4.57 Å². The van der Waals surface area contributed by atoms with Crippen molar-refractivity contribution in [3.63, 3.8) is 0 Å². The molecule has 0 fully saturated rings. The molecule has 0 amide bonds. The molecule has 0 bridgehead atoms. The van der Waals surface area contributed by atoms with Crippen LogP contribution in [0.4, 0.5) is 0 Å². The summed E-state index contributed by atoms with van der Waals surface area (Å²) in [7, 11) is 5.18. The molecule has 2 aromatic carbocycles. The number of hydrogen-bond donors (Lipinski definition) is 1. The second kappa shape index (κ2) is 11.4. The Bertz CT molecular complexity index is 889. The maximum absolute atomic E-state index is 5.37. The predicted octanol–water partition coefficient (Wildman–Crippen LogP) is 3.18. The lowest BCUT2D eigenvalue weighted by atomic mass is 10.2. The van der Waals surface area contributed by atoms with Crippen LogP contribution >= 0.6 is 0 Å². The van der Waals surface area contributed by atoms with Crippen molar-refractivity contribution < 1.29 is 19.1 Å². The number of quaternary nitrogens is 1. The standard InChI is InChI=1S/C25H32N2O3/c1-28-16-6-14-26(18-21-10-12-24(29-2)13-11-21)20-23-8-5-15-27(23)19-22-7-4-9-25(17-22)30-3/h4-5,7-13,15,17H,6,14,16,18-20H2,1-3H3/p+1. The Morgan fingerprint density at radius 3 is 2.33 bits per heavy atom. The summed E-state index contributed by atoms with van der Waals surface area (Å²) in [5.74, 6) is 1.79. The van der Waals surface area contributed by atoms with Crippen LogP contribution in [0.15, 0.2) is 66.9 Å². The first-order valence-corrected chi connectivity index (χ1v) is 10.4. The average molecular weight is 410 g/mol. The van der Waals surface area contributed by atoms with E-state index in [0.29, 0.717) is 0 Å². The third-order valence-electron chi connectivity index (χ3n) is 5.33. The van der Waals surface area contributed by atoms with Crippen molar-refractivity contribution in [2.45, 2.75) is 26.1 Å². The molecule has 1 N–H and O–H groups in total. The Morgan fingerprint density at radius 1 is 0.800 bits per heavy atom. The van der Waals surface area contributed by atoms with E-state index in [0.717, 1.165) is 50.7 Å². The monoisotopic (exact) mass is 409 g/mol. The van der Waals surface area contributed by atoms with E-state index >= 15 is 0 Å². The van der Waals surface area contributed by atoms with Crippen LogP contribution in [-0.2, 0) is 24.4 Å². The summed E-state index contributed by atoms with van der Waals surface area (Å²) in [4.78, 5) is 1.52. The number of aromatic nitrogens is 1. The van der Waals surface area contributed by atoms with Gasteiger partial charge in [-0.3, -0.25) is 0 Å². The van der Waals surface area contributed by atoms with Gasteiger partial charge < -0.3 is 23.7 Å². The second-order valence-electron chi connectivity index (χ2n) is 7.53. The first-order valence-electron chi connectivity index (χ1n) is 10.4. The van der Waals surface area contributed by atoms with Gasteiger partial charge in [-0.15, -0.1) is 0 Å². The van der Waals surface area contributed by atoms with Gasteiger partial charge in [0, 0.05) is 31.8 Å². The van der Waals surface area contributed by atoms with Gasteiger partial charge >= 0.3 is 0 Å². The molecular formula is C25H33N2O3+. The molecule has 5 nitrogen and oxygen atoms in total. The van der Waals surface area contributed by atoms with Crippen molar-refractivity contribution in [1.29, 1.82) is 0 Å². The Hall–Kier alpha value is -2.76. The highest BCUT2D eigenvalue weighted by Gasteiger charge is 2.14. The van der Waals surface area contributed by atoms with Crippen molar-refractivity contribution >= 4 is 0 Å². The zero-order valence-electron chi connectivity index (χ0n) is 18.3. The molecule has 0 aliphatic carbocycles. The third kappa shape index (κ3) is 6.37. The van der Waals surface area contributed by atoms with E-state index in [4.69, 9.17) is 14.2 Å². The van der Waals surface area contributed by atoms with Gasteiger partial charge in [0.15, 0.2) is 0 Å². The lowest BCUT2D eigenvalue weighted by molar-refractivity contribution is -0.928. The fourth-order valence-corrected chi connectivity index (χ4v) is 3.73. The summed E-state index contributed by atoms with van der Waals surface area (Å²) >= 11 is 0. The lowest BCUT2D eigenvalue weighted by Gasteiger charge is -2.21. The number of benzene rings is 2. The molecule has 1 atom stereocenters. The molecule has 0 aliphatic rings. The van der Waals surface area contributed by atoms with Crippen LogP contribution in [0.25, 0.3) is 0 Å². The zero-order valence-corrected chi connectivity index (χ0v) is 18.3. The number of methoxy groups -OCH3 is 3. The van der Waals surface area contributed by atoms with E-state index in [1.54, 1.807) is 21.3 Å². The fraction of sp³-hybridized carbons (Fsp3) is 0.360.